The van der Waals surface area contributed by atoms with Crippen molar-refractivity contribution < 1.29 is 13.9 Å². The molecule has 0 saturated carbocycles. The summed E-state index contributed by atoms with van der Waals surface area (Å²) in [6, 6.07) is 7.46. The molecule has 3 rings (SSSR count). The van der Waals surface area contributed by atoms with Crippen molar-refractivity contribution in [2.24, 2.45) is 0 Å². The Morgan fingerprint density at radius 3 is 2.71 bits per heavy atom. The van der Waals surface area contributed by atoms with Gasteiger partial charge in [-0.05, 0) is 26.0 Å². The topological polar surface area (TPSA) is 55.6 Å². The summed E-state index contributed by atoms with van der Waals surface area (Å²) in [6.07, 6.45) is 2.66. The molecule has 1 aliphatic rings. The minimum atomic E-state index is 0.0752. The van der Waals surface area contributed by atoms with E-state index in [-0.39, 0.29) is 18.1 Å². The molecule has 1 aromatic carbocycles. The molecule has 2 unspecified atom stereocenters. The number of morpholine rings is 1. The average Bonchev–Trinajstić information content (AvgIpc) is 3.01. The highest BCUT2D eigenvalue weighted by atomic mass is 35.5. The van der Waals surface area contributed by atoms with Gasteiger partial charge in [0.25, 0.3) is 0 Å². The zero-order valence-corrected chi connectivity index (χ0v) is 14.6. The number of amides is 1. The Labute approximate surface area is 146 Å². The van der Waals surface area contributed by atoms with E-state index in [0.717, 1.165) is 5.56 Å². The lowest BCUT2D eigenvalue weighted by Crippen LogP contribution is -2.48. The van der Waals surface area contributed by atoms with Crippen LogP contribution < -0.4 is 0 Å². The summed E-state index contributed by atoms with van der Waals surface area (Å²) in [5.41, 5.74) is 0.806. The van der Waals surface area contributed by atoms with Crippen molar-refractivity contribution in [3.63, 3.8) is 0 Å². The Kier molecular flexibility index (Phi) is 5.21. The highest BCUT2D eigenvalue weighted by Crippen LogP contribution is 2.28. The number of rotatable bonds is 4. The maximum absolute atomic E-state index is 12.4. The van der Waals surface area contributed by atoms with Crippen molar-refractivity contribution in [2.45, 2.75) is 38.9 Å². The molecule has 5 nitrogen and oxygen atoms in total. The van der Waals surface area contributed by atoms with Gasteiger partial charge in [-0.2, -0.15) is 0 Å². The largest absolute Gasteiger partial charge is 0.441 e. The molecule has 6 heteroatoms. The van der Waals surface area contributed by atoms with E-state index in [9.17, 15) is 4.79 Å². The smallest absolute Gasteiger partial charge is 0.223 e. The van der Waals surface area contributed by atoms with E-state index >= 15 is 0 Å². The first-order valence-electron chi connectivity index (χ1n) is 8.15. The molecule has 128 valence electrons. The molecule has 24 heavy (non-hydrogen) atoms. The third-order valence-electron chi connectivity index (χ3n) is 4.02. The molecule has 2 heterocycles. The summed E-state index contributed by atoms with van der Waals surface area (Å²) < 4.78 is 11.4. The van der Waals surface area contributed by atoms with E-state index in [1.807, 2.05) is 43.0 Å². The molecule has 0 radical (unpaired) electrons. The minimum absolute atomic E-state index is 0.0752. The molecule has 0 aliphatic carbocycles. The molecule has 0 bridgehead atoms. The van der Waals surface area contributed by atoms with Crippen LogP contribution in [0.4, 0.5) is 0 Å². The molecule has 0 spiro atoms. The molecule has 1 amide bonds. The first kappa shape index (κ1) is 17.0. The van der Waals surface area contributed by atoms with E-state index in [1.165, 1.54) is 0 Å². The molecule has 1 aliphatic heterocycles. The predicted molar refractivity (Wildman–Crippen MR) is 91.9 cm³/mol. The quantitative estimate of drug-likeness (QED) is 0.847. The van der Waals surface area contributed by atoms with Crippen LogP contribution in [-0.4, -0.2) is 41.1 Å². The van der Waals surface area contributed by atoms with Crippen LogP contribution in [0.15, 0.2) is 34.9 Å². The Morgan fingerprint density at radius 1 is 1.29 bits per heavy atom. The fourth-order valence-corrected chi connectivity index (χ4v) is 3.19. The SMILES string of the molecule is CC1CN(C(=O)CCc2ncc(-c3ccccc3Cl)o2)CC(C)O1. The molecular formula is C18H21ClN2O3. The summed E-state index contributed by atoms with van der Waals surface area (Å²) in [5.74, 6) is 1.28. The number of ether oxygens (including phenoxy) is 1. The second-order valence-corrected chi connectivity index (χ2v) is 6.56. The number of benzene rings is 1. The van der Waals surface area contributed by atoms with E-state index in [2.05, 4.69) is 4.98 Å². The summed E-state index contributed by atoms with van der Waals surface area (Å²) >= 11 is 6.16. The first-order valence-corrected chi connectivity index (χ1v) is 8.53. The van der Waals surface area contributed by atoms with Crippen LogP contribution in [0.3, 0.4) is 0 Å². The lowest BCUT2D eigenvalue weighted by Gasteiger charge is -2.35. The van der Waals surface area contributed by atoms with Crippen molar-refractivity contribution in [2.75, 3.05) is 13.1 Å². The number of oxazole rings is 1. The normalized spacial score (nSPS) is 21.0. The third-order valence-corrected chi connectivity index (χ3v) is 4.35. The maximum atomic E-state index is 12.4. The number of halogens is 1. The summed E-state index contributed by atoms with van der Waals surface area (Å²) in [4.78, 5) is 18.5. The third kappa shape index (κ3) is 3.97. The second kappa shape index (κ2) is 7.36. The van der Waals surface area contributed by atoms with Gasteiger partial charge in [0, 0.05) is 31.5 Å². The summed E-state index contributed by atoms with van der Waals surface area (Å²) in [6.45, 7) is 5.25. The van der Waals surface area contributed by atoms with Gasteiger partial charge in [-0.1, -0.05) is 23.7 Å². The number of nitrogens with zero attached hydrogens (tertiary/aromatic N) is 2. The van der Waals surface area contributed by atoms with Crippen molar-refractivity contribution in [1.82, 2.24) is 9.88 Å². The molecule has 0 N–H and O–H groups in total. The van der Waals surface area contributed by atoms with Gasteiger partial charge in [-0.3, -0.25) is 4.79 Å². The maximum Gasteiger partial charge on any atom is 0.223 e. The van der Waals surface area contributed by atoms with Crippen LogP contribution in [-0.2, 0) is 16.0 Å². The molecule has 2 aromatic rings. The van der Waals surface area contributed by atoms with Crippen LogP contribution in [0.5, 0.6) is 0 Å². The molecule has 1 fully saturated rings. The predicted octanol–water partition coefficient (Wildman–Crippen LogP) is 3.56. The van der Waals surface area contributed by atoms with Gasteiger partial charge in [0.05, 0.1) is 23.4 Å². The van der Waals surface area contributed by atoms with Gasteiger partial charge in [-0.25, -0.2) is 4.98 Å². The van der Waals surface area contributed by atoms with Crippen LogP contribution in [0.25, 0.3) is 11.3 Å². The van der Waals surface area contributed by atoms with Crippen LogP contribution >= 0.6 is 11.6 Å². The Balaban J connectivity index is 1.59. The molecule has 2 atom stereocenters. The van der Waals surface area contributed by atoms with E-state index in [1.54, 1.807) is 6.20 Å². The number of aryl methyl sites for hydroxylation is 1. The average molecular weight is 349 g/mol. The van der Waals surface area contributed by atoms with Crippen molar-refractivity contribution in [1.29, 1.82) is 0 Å². The fourth-order valence-electron chi connectivity index (χ4n) is 2.96. The van der Waals surface area contributed by atoms with Gasteiger partial charge >= 0.3 is 0 Å². The summed E-state index contributed by atoms with van der Waals surface area (Å²) in [7, 11) is 0. The Morgan fingerprint density at radius 2 is 2.00 bits per heavy atom. The zero-order chi connectivity index (χ0) is 17.1. The Hall–Kier alpha value is -1.85. The van der Waals surface area contributed by atoms with Gasteiger partial charge in [0.1, 0.15) is 0 Å². The molecule has 1 aromatic heterocycles. The number of carbonyl (C=O) groups is 1. The lowest BCUT2D eigenvalue weighted by molar-refractivity contribution is -0.143. The highest BCUT2D eigenvalue weighted by molar-refractivity contribution is 6.33. The van der Waals surface area contributed by atoms with E-state index in [4.69, 9.17) is 20.8 Å². The van der Waals surface area contributed by atoms with Crippen LogP contribution in [0.1, 0.15) is 26.2 Å². The van der Waals surface area contributed by atoms with E-state index < -0.39 is 0 Å². The number of hydrogen-bond acceptors (Lipinski definition) is 4. The standard InChI is InChI=1S/C18H21ClN2O3/c1-12-10-21(11-13(2)23-12)18(22)8-7-17-20-9-16(24-17)14-5-3-4-6-15(14)19/h3-6,9,12-13H,7-8,10-11H2,1-2H3. The van der Waals surface area contributed by atoms with Gasteiger partial charge in [-0.15, -0.1) is 0 Å². The van der Waals surface area contributed by atoms with Crippen LogP contribution in [0, 0.1) is 0 Å². The zero-order valence-electron chi connectivity index (χ0n) is 13.9. The monoisotopic (exact) mass is 348 g/mol. The van der Waals surface area contributed by atoms with Crippen molar-refractivity contribution in [3.8, 4) is 11.3 Å². The van der Waals surface area contributed by atoms with Gasteiger partial charge in [0.15, 0.2) is 11.7 Å². The second-order valence-electron chi connectivity index (χ2n) is 6.15. The van der Waals surface area contributed by atoms with Crippen molar-refractivity contribution in [3.05, 3.63) is 41.4 Å². The molecule has 1 saturated heterocycles. The minimum Gasteiger partial charge on any atom is -0.441 e. The lowest BCUT2D eigenvalue weighted by atomic mass is 10.2. The first-order chi connectivity index (χ1) is 11.5. The highest BCUT2D eigenvalue weighted by Gasteiger charge is 2.25. The fraction of sp³-hybridized carbons (Fsp3) is 0.444. The number of carbonyl (C=O) groups excluding carboxylic acids is 1. The Bertz CT molecular complexity index is 706. The van der Waals surface area contributed by atoms with Crippen molar-refractivity contribution >= 4 is 17.5 Å². The van der Waals surface area contributed by atoms with Crippen LogP contribution in [0.2, 0.25) is 5.02 Å². The summed E-state index contributed by atoms with van der Waals surface area (Å²) in [5, 5.41) is 0.618. The van der Waals surface area contributed by atoms with Gasteiger partial charge < -0.3 is 14.1 Å². The van der Waals surface area contributed by atoms with E-state index in [0.29, 0.717) is 42.6 Å². The molecular weight excluding hydrogens is 328 g/mol. The number of aromatic nitrogens is 1. The number of hydrogen-bond donors (Lipinski definition) is 0. The van der Waals surface area contributed by atoms with Gasteiger partial charge in [0.2, 0.25) is 5.91 Å².